The third kappa shape index (κ3) is 2.51. The predicted molar refractivity (Wildman–Crippen MR) is 70.3 cm³/mol. The minimum atomic E-state index is 0.331. The van der Waals surface area contributed by atoms with Crippen LogP contribution < -0.4 is 15.2 Å². The highest BCUT2D eigenvalue weighted by atomic mass is 35.5. The van der Waals surface area contributed by atoms with Crippen LogP contribution >= 0.6 is 11.6 Å². The van der Waals surface area contributed by atoms with Gasteiger partial charge < -0.3 is 15.2 Å². The number of halogens is 1. The number of methoxy groups -OCH3 is 2. The van der Waals surface area contributed by atoms with Crippen molar-refractivity contribution >= 4 is 17.4 Å². The van der Waals surface area contributed by atoms with Crippen LogP contribution in [-0.2, 0) is 6.54 Å². The second-order valence-corrected chi connectivity index (χ2v) is 4.16. The summed E-state index contributed by atoms with van der Waals surface area (Å²) in [6, 6.07) is 5.68. The number of rotatable bonds is 4. The van der Waals surface area contributed by atoms with Crippen LogP contribution in [0.25, 0.3) is 0 Å². The Morgan fingerprint density at radius 1 is 1.28 bits per heavy atom. The lowest BCUT2D eigenvalue weighted by molar-refractivity contribution is 0.354. The predicted octanol–water partition coefficient (Wildman–Crippen LogP) is 2.18. The fraction of sp³-hybridized carbons (Fsp3) is 0.250. The zero-order chi connectivity index (χ0) is 13.1. The number of nitrogens with two attached hydrogens (primary N) is 1. The van der Waals surface area contributed by atoms with Gasteiger partial charge in [-0.15, -0.1) is 0 Å². The number of anilines is 1. The zero-order valence-corrected chi connectivity index (χ0v) is 10.9. The van der Waals surface area contributed by atoms with E-state index >= 15 is 0 Å². The van der Waals surface area contributed by atoms with Gasteiger partial charge in [-0.1, -0.05) is 17.7 Å². The summed E-state index contributed by atoms with van der Waals surface area (Å²) in [5.41, 5.74) is 6.61. The molecular formula is C12H14ClN3O2. The molecule has 0 amide bonds. The maximum absolute atomic E-state index is 5.85. The molecule has 0 saturated heterocycles. The summed E-state index contributed by atoms with van der Waals surface area (Å²) in [5.74, 6) is 1.71. The minimum Gasteiger partial charge on any atom is -0.493 e. The molecule has 1 aromatic heterocycles. The van der Waals surface area contributed by atoms with E-state index in [2.05, 4.69) is 5.10 Å². The first-order chi connectivity index (χ1) is 8.63. The van der Waals surface area contributed by atoms with Crippen LogP contribution in [0.15, 0.2) is 24.4 Å². The quantitative estimate of drug-likeness (QED) is 0.922. The monoisotopic (exact) mass is 267 g/mol. The summed E-state index contributed by atoms with van der Waals surface area (Å²) < 4.78 is 12.1. The van der Waals surface area contributed by atoms with Gasteiger partial charge in [-0.05, 0) is 17.7 Å². The first kappa shape index (κ1) is 12.6. The van der Waals surface area contributed by atoms with Crippen LogP contribution in [0.5, 0.6) is 11.5 Å². The van der Waals surface area contributed by atoms with Gasteiger partial charge in [-0.25, -0.2) is 0 Å². The molecule has 0 bridgehead atoms. The topological polar surface area (TPSA) is 62.3 Å². The van der Waals surface area contributed by atoms with Crippen molar-refractivity contribution in [1.29, 1.82) is 0 Å². The van der Waals surface area contributed by atoms with Crippen molar-refractivity contribution in [3.05, 3.63) is 35.0 Å². The van der Waals surface area contributed by atoms with Gasteiger partial charge >= 0.3 is 0 Å². The van der Waals surface area contributed by atoms with Crippen LogP contribution in [-0.4, -0.2) is 24.0 Å². The molecule has 0 aliphatic carbocycles. The normalized spacial score (nSPS) is 10.4. The Morgan fingerprint density at radius 2 is 2.00 bits per heavy atom. The standard InChI is InChI=1S/C12H14ClN3O2/c1-17-10-4-3-8(5-11(10)18-2)6-16-7-9(13)12(14)15-16/h3-5,7H,6H2,1-2H3,(H2,14,15). The second kappa shape index (κ2) is 5.18. The lowest BCUT2D eigenvalue weighted by Gasteiger charge is -2.09. The lowest BCUT2D eigenvalue weighted by Crippen LogP contribution is -2.02. The smallest absolute Gasteiger partial charge is 0.164 e. The highest BCUT2D eigenvalue weighted by Gasteiger charge is 2.07. The molecule has 0 fully saturated rings. The van der Waals surface area contributed by atoms with Gasteiger partial charge in [0.2, 0.25) is 0 Å². The van der Waals surface area contributed by atoms with E-state index in [4.69, 9.17) is 26.8 Å². The van der Waals surface area contributed by atoms with Gasteiger partial charge in [0.15, 0.2) is 17.3 Å². The molecule has 6 heteroatoms. The Morgan fingerprint density at radius 3 is 2.56 bits per heavy atom. The van der Waals surface area contributed by atoms with Crippen molar-refractivity contribution in [2.45, 2.75) is 6.54 Å². The van der Waals surface area contributed by atoms with Crippen LogP contribution in [0.1, 0.15) is 5.56 Å². The molecule has 96 valence electrons. The fourth-order valence-electron chi connectivity index (χ4n) is 1.66. The number of ether oxygens (including phenoxy) is 2. The van der Waals surface area contributed by atoms with Gasteiger partial charge in [0.05, 0.1) is 20.8 Å². The molecule has 0 spiro atoms. The van der Waals surface area contributed by atoms with Crippen molar-refractivity contribution in [1.82, 2.24) is 9.78 Å². The van der Waals surface area contributed by atoms with Crippen molar-refractivity contribution in [2.75, 3.05) is 20.0 Å². The highest BCUT2D eigenvalue weighted by molar-refractivity contribution is 6.32. The minimum absolute atomic E-state index is 0.331. The van der Waals surface area contributed by atoms with E-state index in [1.54, 1.807) is 25.1 Å². The molecular weight excluding hydrogens is 254 g/mol. The van der Waals surface area contributed by atoms with Crippen molar-refractivity contribution in [3.63, 3.8) is 0 Å². The molecule has 2 aromatic rings. The zero-order valence-electron chi connectivity index (χ0n) is 10.2. The van der Waals surface area contributed by atoms with E-state index in [1.807, 2.05) is 18.2 Å². The van der Waals surface area contributed by atoms with E-state index in [-0.39, 0.29) is 0 Å². The van der Waals surface area contributed by atoms with Crippen LogP contribution in [0, 0.1) is 0 Å². The number of hydrogen-bond acceptors (Lipinski definition) is 4. The molecule has 0 atom stereocenters. The summed E-state index contributed by atoms with van der Waals surface area (Å²) in [6.45, 7) is 0.567. The molecule has 1 aromatic carbocycles. The first-order valence-electron chi connectivity index (χ1n) is 5.33. The number of benzene rings is 1. The molecule has 0 unspecified atom stereocenters. The third-order valence-electron chi connectivity index (χ3n) is 2.54. The molecule has 0 aliphatic heterocycles. The Kier molecular flexibility index (Phi) is 3.62. The second-order valence-electron chi connectivity index (χ2n) is 3.75. The SMILES string of the molecule is COc1ccc(Cn2cc(Cl)c(N)n2)cc1OC. The third-order valence-corrected chi connectivity index (χ3v) is 2.83. The summed E-state index contributed by atoms with van der Waals surface area (Å²) in [4.78, 5) is 0. The van der Waals surface area contributed by atoms with Crippen molar-refractivity contribution in [3.8, 4) is 11.5 Å². The summed E-state index contributed by atoms with van der Waals surface area (Å²) in [7, 11) is 3.20. The molecule has 0 aliphatic rings. The molecule has 2 N–H and O–H groups in total. The van der Waals surface area contributed by atoms with Gasteiger partial charge in [-0.2, -0.15) is 5.10 Å². The summed E-state index contributed by atoms with van der Waals surface area (Å²) >= 11 is 5.85. The van der Waals surface area contributed by atoms with Crippen molar-refractivity contribution < 1.29 is 9.47 Å². The molecule has 1 heterocycles. The van der Waals surface area contributed by atoms with Gasteiger partial charge in [-0.3, -0.25) is 4.68 Å². The van der Waals surface area contributed by atoms with Crippen LogP contribution in [0.4, 0.5) is 5.82 Å². The fourth-order valence-corrected chi connectivity index (χ4v) is 1.81. The van der Waals surface area contributed by atoms with E-state index < -0.39 is 0 Å². The Labute approximate surface area is 110 Å². The van der Waals surface area contributed by atoms with Gasteiger partial charge in [0.1, 0.15) is 5.02 Å². The molecule has 18 heavy (non-hydrogen) atoms. The maximum atomic E-state index is 5.85. The largest absolute Gasteiger partial charge is 0.493 e. The van der Waals surface area contributed by atoms with Crippen LogP contribution in [0.3, 0.4) is 0 Å². The van der Waals surface area contributed by atoms with E-state index in [0.717, 1.165) is 5.56 Å². The molecule has 0 radical (unpaired) electrons. The first-order valence-corrected chi connectivity index (χ1v) is 5.71. The molecule has 0 saturated carbocycles. The molecule has 5 nitrogen and oxygen atoms in total. The van der Waals surface area contributed by atoms with E-state index in [0.29, 0.717) is 28.9 Å². The average molecular weight is 268 g/mol. The van der Waals surface area contributed by atoms with Gasteiger partial charge in [0, 0.05) is 6.20 Å². The number of nitrogens with zero attached hydrogens (tertiary/aromatic N) is 2. The Balaban J connectivity index is 2.24. The molecule has 2 rings (SSSR count). The van der Waals surface area contributed by atoms with Crippen molar-refractivity contribution in [2.24, 2.45) is 0 Å². The Bertz CT molecular complexity index is 535. The van der Waals surface area contributed by atoms with E-state index in [9.17, 15) is 0 Å². The average Bonchev–Trinajstić information content (AvgIpc) is 2.68. The van der Waals surface area contributed by atoms with Crippen LogP contribution in [0.2, 0.25) is 5.02 Å². The number of hydrogen-bond donors (Lipinski definition) is 1. The van der Waals surface area contributed by atoms with Gasteiger partial charge in [0.25, 0.3) is 0 Å². The Hall–Kier alpha value is -1.88. The van der Waals surface area contributed by atoms with E-state index in [1.165, 1.54) is 0 Å². The maximum Gasteiger partial charge on any atom is 0.164 e. The number of nitrogen functional groups attached to an aromatic ring is 1. The summed E-state index contributed by atoms with van der Waals surface area (Å²) in [6.07, 6.45) is 1.69. The highest BCUT2D eigenvalue weighted by Crippen LogP contribution is 2.28. The number of aromatic nitrogens is 2. The summed E-state index contributed by atoms with van der Waals surface area (Å²) in [5, 5.41) is 4.55. The lowest BCUT2D eigenvalue weighted by atomic mass is 10.2.